The van der Waals surface area contributed by atoms with Crippen molar-refractivity contribution in [2.45, 2.75) is 6.42 Å². The maximum atomic E-state index is 11.4. The van der Waals surface area contributed by atoms with Crippen molar-refractivity contribution in [3.8, 4) is 0 Å². The highest BCUT2D eigenvalue weighted by atomic mass is 35.5. The summed E-state index contributed by atoms with van der Waals surface area (Å²) < 4.78 is 4.86. The number of nitrogen functional groups attached to an aromatic ring is 1. The molecule has 0 amide bonds. The maximum absolute atomic E-state index is 11.4. The van der Waals surface area contributed by atoms with Gasteiger partial charge < -0.3 is 15.6 Å². The summed E-state index contributed by atoms with van der Waals surface area (Å²) in [6.07, 6.45) is 0.415. The molecule has 0 unspecified atom stereocenters. The highest BCUT2D eigenvalue weighted by Gasteiger charge is 2.11. The molecule has 0 heterocycles. The SMILES string of the molecule is Nc1ccc(C(=O)OCCCO)c(Cl)c1. The van der Waals surface area contributed by atoms with Gasteiger partial charge in [-0.2, -0.15) is 0 Å². The Morgan fingerprint density at radius 1 is 1.53 bits per heavy atom. The Morgan fingerprint density at radius 3 is 2.87 bits per heavy atom. The molecular formula is C10H12ClNO3. The van der Waals surface area contributed by atoms with Gasteiger partial charge in [-0.25, -0.2) is 4.79 Å². The van der Waals surface area contributed by atoms with E-state index in [4.69, 9.17) is 27.2 Å². The van der Waals surface area contributed by atoms with Crippen LogP contribution in [0.2, 0.25) is 5.02 Å². The molecular weight excluding hydrogens is 218 g/mol. The van der Waals surface area contributed by atoms with E-state index >= 15 is 0 Å². The lowest BCUT2D eigenvalue weighted by Gasteiger charge is -2.05. The number of aliphatic hydroxyl groups is 1. The van der Waals surface area contributed by atoms with Gasteiger partial charge in [0.05, 0.1) is 17.2 Å². The van der Waals surface area contributed by atoms with Gasteiger partial charge in [0.15, 0.2) is 0 Å². The zero-order valence-electron chi connectivity index (χ0n) is 8.07. The number of nitrogens with two attached hydrogens (primary N) is 1. The van der Waals surface area contributed by atoms with E-state index in [1.807, 2.05) is 0 Å². The average Bonchev–Trinajstić information content (AvgIpc) is 2.17. The van der Waals surface area contributed by atoms with Crippen molar-refractivity contribution in [1.82, 2.24) is 0 Å². The number of ether oxygens (including phenoxy) is 1. The smallest absolute Gasteiger partial charge is 0.339 e. The summed E-state index contributed by atoms with van der Waals surface area (Å²) in [7, 11) is 0. The van der Waals surface area contributed by atoms with Gasteiger partial charge in [0, 0.05) is 18.7 Å². The second kappa shape index (κ2) is 5.58. The average molecular weight is 230 g/mol. The first-order chi connectivity index (χ1) is 7.15. The van der Waals surface area contributed by atoms with Crippen LogP contribution in [0.1, 0.15) is 16.8 Å². The van der Waals surface area contributed by atoms with Crippen molar-refractivity contribution in [3.05, 3.63) is 28.8 Å². The number of hydrogen-bond donors (Lipinski definition) is 2. The van der Waals surface area contributed by atoms with Crippen LogP contribution in [0.25, 0.3) is 0 Å². The van der Waals surface area contributed by atoms with Crippen LogP contribution < -0.4 is 5.73 Å². The summed E-state index contributed by atoms with van der Waals surface area (Å²) >= 11 is 5.81. The van der Waals surface area contributed by atoms with E-state index in [0.29, 0.717) is 12.1 Å². The van der Waals surface area contributed by atoms with Gasteiger partial charge in [0.1, 0.15) is 0 Å². The highest BCUT2D eigenvalue weighted by Crippen LogP contribution is 2.19. The summed E-state index contributed by atoms with van der Waals surface area (Å²) in [5.41, 5.74) is 6.25. The first kappa shape index (κ1) is 11.8. The quantitative estimate of drug-likeness (QED) is 0.466. The van der Waals surface area contributed by atoms with E-state index < -0.39 is 5.97 Å². The molecule has 0 fully saturated rings. The maximum Gasteiger partial charge on any atom is 0.339 e. The minimum Gasteiger partial charge on any atom is -0.462 e. The molecule has 15 heavy (non-hydrogen) atoms. The largest absolute Gasteiger partial charge is 0.462 e. The van der Waals surface area contributed by atoms with Crippen LogP contribution in [-0.4, -0.2) is 24.3 Å². The molecule has 0 radical (unpaired) electrons. The lowest BCUT2D eigenvalue weighted by Crippen LogP contribution is -2.08. The van der Waals surface area contributed by atoms with Crippen LogP contribution in [0.3, 0.4) is 0 Å². The molecule has 0 saturated carbocycles. The van der Waals surface area contributed by atoms with Gasteiger partial charge in [-0.15, -0.1) is 0 Å². The lowest BCUT2D eigenvalue weighted by atomic mass is 10.2. The minimum absolute atomic E-state index is 0.0112. The standard InChI is InChI=1S/C10H12ClNO3/c11-9-6-7(12)2-3-8(9)10(14)15-5-1-4-13/h2-3,6,13H,1,4-5,12H2. The van der Waals surface area contributed by atoms with E-state index in [-0.39, 0.29) is 23.8 Å². The van der Waals surface area contributed by atoms with Crippen LogP contribution in [0.5, 0.6) is 0 Å². The fourth-order valence-corrected chi connectivity index (χ4v) is 1.27. The van der Waals surface area contributed by atoms with E-state index in [2.05, 4.69) is 0 Å². The van der Waals surface area contributed by atoms with E-state index in [9.17, 15) is 4.79 Å². The molecule has 0 aliphatic carbocycles. The second-order valence-electron chi connectivity index (χ2n) is 2.95. The Labute approximate surface area is 92.6 Å². The molecule has 0 aliphatic heterocycles. The van der Waals surface area contributed by atoms with E-state index in [1.54, 1.807) is 6.07 Å². The van der Waals surface area contributed by atoms with Gasteiger partial charge in [-0.1, -0.05) is 11.6 Å². The van der Waals surface area contributed by atoms with E-state index in [1.165, 1.54) is 12.1 Å². The van der Waals surface area contributed by atoms with Crippen molar-refractivity contribution in [2.24, 2.45) is 0 Å². The van der Waals surface area contributed by atoms with Crippen molar-refractivity contribution < 1.29 is 14.6 Å². The molecule has 0 atom stereocenters. The number of carbonyl (C=O) groups is 1. The minimum atomic E-state index is -0.506. The first-order valence-corrected chi connectivity index (χ1v) is 4.86. The topological polar surface area (TPSA) is 72.6 Å². The van der Waals surface area contributed by atoms with Crippen LogP contribution in [-0.2, 0) is 4.74 Å². The molecule has 82 valence electrons. The summed E-state index contributed by atoms with van der Waals surface area (Å²) in [5, 5.41) is 8.77. The third-order valence-electron chi connectivity index (χ3n) is 1.75. The van der Waals surface area contributed by atoms with Crippen LogP contribution in [0.15, 0.2) is 18.2 Å². The van der Waals surface area contributed by atoms with Gasteiger partial charge in [0.25, 0.3) is 0 Å². The van der Waals surface area contributed by atoms with Crippen molar-refractivity contribution >= 4 is 23.3 Å². The highest BCUT2D eigenvalue weighted by molar-refractivity contribution is 6.33. The Morgan fingerprint density at radius 2 is 2.27 bits per heavy atom. The number of hydrogen-bond acceptors (Lipinski definition) is 4. The zero-order valence-corrected chi connectivity index (χ0v) is 8.83. The van der Waals surface area contributed by atoms with Gasteiger partial charge in [-0.3, -0.25) is 0 Å². The molecule has 1 rings (SSSR count). The van der Waals surface area contributed by atoms with Crippen molar-refractivity contribution in [3.63, 3.8) is 0 Å². The summed E-state index contributed by atoms with van der Waals surface area (Å²) in [4.78, 5) is 11.4. The molecule has 5 heteroatoms. The Balaban J connectivity index is 2.65. The molecule has 0 spiro atoms. The fourth-order valence-electron chi connectivity index (χ4n) is 1.00. The number of carbonyl (C=O) groups excluding carboxylic acids is 1. The molecule has 0 bridgehead atoms. The summed E-state index contributed by atoms with van der Waals surface area (Å²) in [6.45, 7) is 0.165. The van der Waals surface area contributed by atoms with E-state index in [0.717, 1.165) is 0 Å². The molecule has 0 aliphatic rings. The second-order valence-corrected chi connectivity index (χ2v) is 3.36. The number of aliphatic hydroxyl groups excluding tert-OH is 1. The molecule has 0 saturated heterocycles. The Bertz CT molecular complexity index is 355. The molecule has 3 N–H and O–H groups in total. The normalized spacial score (nSPS) is 10.0. The Kier molecular flexibility index (Phi) is 4.39. The number of halogens is 1. The van der Waals surface area contributed by atoms with Crippen LogP contribution in [0, 0.1) is 0 Å². The predicted molar refractivity (Wildman–Crippen MR) is 57.8 cm³/mol. The van der Waals surface area contributed by atoms with Crippen molar-refractivity contribution in [1.29, 1.82) is 0 Å². The predicted octanol–water partition coefficient (Wildman–Crippen LogP) is 1.46. The monoisotopic (exact) mass is 229 g/mol. The Hall–Kier alpha value is -1.26. The first-order valence-electron chi connectivity index (χ1n) is 4.48. The third kappa shape index (κ3) is 3.42. The summed E-state index contributed by atoms with van der Waals surface area (Å²) in [5.74, 6) is -0.506. The van der Waals surface area contributed by atoms with Gasteiger partial charge >= 0.3 is 5.97 Å². The number of rotatable bonds is 4. The van der Waals surface area contributed by atoms with Crippen molar-refractivity contribution in [2.75, 3.05) is 18.9 Å². The van der Waals surface area contributed by atoms with Gasteiger partial charge in [0.2, 0.25) is 0 Å². The fraction of sp³-hybridized carbons (Fsp3) is 0.300. The lowest BCUT2D eigenvalue weighted by molar-refractivity contribution is 0.0482. The number of anilines is 1. The molecule has 4 nitrogen and oxygen atoms in total. The number of benzene rings is 1. The van der Waals surface area contributed by atoms with Crippen LogP contribution >= 0.6 is 11.6 Å². The summed E-state index contributed by atoms with van der Waals surface area (Å²) in [6, 6.07) is 4.58. The van der Waals surface area contributed by atoms with Crippen LogP contribution in [0.4, 0.5) is 5.69 Å². The zero-order chi connectivity index (χ0) is 11.3. The molecule has 0 aromatic heterocycles. The number of esters is 1. The van der Waals surface area contributed by atoms with Gasteiger partial charge in [-0.05, 0) is 18.2 Å². The molecule has 1 aromatic carbocycles. The molecule has 1 aromatic rings. The third-order valence-corrected chi connectivity index (χ3v) is 2.06.